The minimum absolute atomic E-state index is 0.123. The van der Waals surface area contributed by atoms with E-state index < -0.39 is 0 Å². The minimum Gasteiger partial charge on any atom is -0.379 e. The van der Waals surface area contributed by atoms with Crippen molar-refractivity contribution in [3.8, 4) is 0 Å². The molecule has 1 aromatic heterocycles. The van der Waals surface area contributed by atoms with Gasteiger partial charge >= 0.3 is 0 Å². The number of nitrogens with one attached hydrogen (secondary N) is 1. The largest absolute Gasteiger partial charge is 0.379 e. The molecule has 3 N–H and O–H groups in total. The molecule has 0 aliphatic rings. The molecule has 0 spiro atoms. The van der Waals surface area contributed by atoms with Crippen LogP contribution in [0.3, 0.4) is 0 Å². The lowest BCUT2D eigenvalue weighted by Crippen LogP contribution is -2.18. The molecule has 0 amide bonds. The van der Waals surface area contributed by atoms with Gasteiger partial charge in [0.1, 0.15) is 0 Å². The third-order valence-electron chi connectivity index (χ3n) is 2.36. The summed E-state index contributed by atoms with van der Waals surface area (Å²) < 4.78 is 15.8. The van der Waals surface area contributed by atoms with E-state index in [1.54, 1.807) is 0 Å². The third kappa shape index (κ3) is 6.90. The van der Waals surface area contributed by atoms with Crippen LogP contribution in [0.5, 0.6) is 0 Å². The molecule has 0 saturated heterocycles. The lowest BCUT2D eigenvalue weighted by Gasteiger charge is -2.05. The third-order valence-corrected chi connectivity index (χ3v) is 2.36. The number of H-pyrrole nitrogens is 1. The van der Waals surface area contributed by atoms with Crippen molar-refractivity contribution in [2.75, 3.05) is 45.4 Å². The summed E-state index contributed by atoms with van der Waals surface area (Å²) in [4.78, 5) is 17.7. The van der Waals surface area contributed by atoms with Gasteiger partial charge in [0, 0.05) is 24.8 Å². The Bertz CT molecular complexity index is 408. The number of rotatable bonds is 10. The SMILES string of the molecule is CCOCCOCCOCCc1cnc(N)[nH]c1=O. The van der Waals surface area contributed by atoms with Crippen molar-refractivity contribution in [2.45, 2.75) is 13.3 Å². The van der Waals surface area contributed by atoms with Crippen LogP contribution in [0.15, 0.2) is 11.0 Å². The maximum Gasteiger partial charge on any atom is 0.255 e. The van der Waals surface area contributed by atoms with Crippen LogP contribution in [0.4, 0.5) is 5.95 Å². The summed E-state index contributed by atoms with van der Waals surface area (Å²) in [7, 11) is 0. The average Bonchev–Trinajstić information content (AvgIpc) is 2.39. The molecule has 0 aliphatic heterocycles. The summed E-state index contributed by atoms with van der Waals surface area (Å²) in [6, 6.07) is 0. The van der Waals surface area contributed by atoms with E-state index in [9.17, 15) is 4.79 Å². The normalized spacial score (nSPS) is 10.8. The van der Waals surface area contributed by atoms with Crippen LogP contribution in [0.2, 0.25) is 0 Å². The van der Waals surface area contributed by atoms with Gasteiger partial charge in [0.15, 0.2) is 5.95 Å². The molecule has 108 valence electrons. The topological polar surface area (TPSA) is 99.5 Å². The number of nitrogens with two attached hydrogens (primary N) is 1. The quantitative estimate of drug-likeness (QED) is 0.579. The van der Waals surface area contributed by atoms with Gasteiger partial charge < -0.3 is 19.9 Å². The van der Waals surface area contributed by atoms with Crippen molar-refractivity contribution in [1.82, 2.24) is 9.97 Å². The number of anilines is 1. The van der Waals surface area contributed by atoms with Crippen molar-refractivity contribution in [3.63, 3.8) is 0 Å². The van der Waals surface area contributed by atoms with Crippen molar-refractivity contribution in [3.05, 3.63) is 22.1 Å². The van der Waals surface area contributed by atoms with E-state index in [-0.39, 0.29) is 11.5 Å². The van der Waals surface area contributed by atoms with E-state index in [0.717, 1.165) is 0 Å². The van der Waals surface area contributed by atoms with Crippen molar-refractivity contribution in [2.24, 2.45) is 0 Å². The standard InChI is InChI=1S/C12H21N3O4/c1-2-17-5-6-19-8-7-18-4-3-10-9-14-12(13)15-11(10)16/h9H,2-8H2,1H3,(H3,13,14,15,16). The lowest BCUT2D eigenvalue weighted by atomic mass is 10.2. The second-order valence-corrected chi connectivity index (χ2v) is 3.79. The molecule has 0 radical (unpaired) electrons. The predicted molar refractivity (Wildman–Crippen MR) is 71.1 cm³/mol. The van der Waals surface area contributed by atoms with Gasteiger partial charge in [0.2, 0.25) is 0 Å². The molecule has 0 bridgehead atoms. The lowest BCUT2D eigenvalue weighted by molar-refractivity contribution is 0.0175. The first kappa shape index (κ1) is 15.6. The van der Waals surface area contributed by atoms with Crippen LogP contribution < -0.4 is 11.3 Å². The highest BCUT2D eigenvalue weighted by molar-refractivity contribution is 5.17. The summed E-state index contributed by atoms with van der Waals surface area (Å²) in [5, 5.41) is 0. The second kappa shape index (κ2) is 9.48. The number of nitrogen functional groups attached to an aromatic ring is 1. The van der Waals surface area contributed by atoms with E-state index >= 15 is 0 Å². The van der Waals surface area contributed by atoms with Gasteiger partial charge in [0.05, 0.1) is 33.0 Å². The van der Waals surface area contributed by atoms with Crippen molar-refractivity contribution < 1.29 is 14.2 Å². The zero-order valence-electron chi connectivity index (χ0n) is 11.2. The predicted octanol–water partition coefficient (Wildman–Crippen LogP) is -0.0357. The Morgan fingerprint density at radius 1 is 1.16 bits per heavy atom. The molecule has 0 aliphatic carbocycles. The van der Waals surface area contributed by atoms with Crippen LogP contribution in [-0.4, -0.2) is 49.6 Å². The van der Waals surface area contributed by atoms with Crippen LogP contribution in [0.1, 0.15) is 12.5 Å². The summed E-state index contributed by atoms with van der Waals surface area (Å²) in [5.74, 6) is 0.123. The van der Waals surface area contributed by atoms with Gasteiger partial charge in [-0.3, -0.25) is 9.78 Å². The van der Waals surface area contributed by atoms with Gasteiger partial charge in [-0.25, -0.2) is 4.98 Å². The molecular formula is C12H21N3O4. The Morgan fingerprint density at radius 2 is 1.79 bits per heavy atom. The molecule has 1 aromatic rings. The van der Waals surface area contributed by atoms with E-state index in [0.29, 0.717) is 51.6 Å². The van der Waals surface area contributed by atoms with Gasteiger partial charge in [-0.05, 0) is 6.92 Å². The zero-order chi connectivity index (χ0) is 13.9. The highest BCUT2D eigenvalue weighted by Gasteiger charge is 2.00. The van der Waals surface area contributed by atoms with E-state index in [1.807, 2.05) is 6.92 Å². The number of hydrogen-bond donors (Lipinski definition) is 2. The molecule has 0 saturated carbocycles. The Balaban J connectivity index is 2.03. The first-order valence-corrected chi connectivity index (χ1v) is 6.31. The fraction of sp³-hybridized carbons (Fsp3) is 0.667. The number of nitrogens with zero attached hydrogens (tertiary/aromatic N) is 1. The molecule has 0 atom stereocenters. The molecule has 7 nitrogen and oxygen atoms in total. The molecule has 0 fully saturated rings. The van der Waals surface area contributed by atoms with Gasteiger partial charge in [0.25, 0.3) is 5.56 Å². The highest BCUT2D eigenvalue weighted by Crippen LogP contribution is 1.93. The Kier molecular flexibility index (Phi) is 7.80. The Hall–Kier alpha value is -1.44. The Labute approximate surface area is 112 Å². The van der Waals surface area contributed by atoms with Crippen molar-refractivity contribution >= 4 is 5.95 Å². The molecule has 7 heteroatoms. The number of hydrogen-bond acceptors (Lipinski definition) is 6. The fourth-order valence-corrected chi connectivity index (χ4v) is 1.38. The summed E-state index contributed by atoms with van der Waals surface area (Å²) in [6.07, 6.45) is 1.97. The van der Waals surface area contributed by atoms with Crippen LogP contribution in [0.25, 0.3) is 0 Å². The first-order valence-electron chi connectivity index (χ1n) is 6.31. The summed E-state index contributed by atoms with van der Waals surface area (Å²) in [5.41, 5.74) is 5.69. The number of ether oxygens (including phenoxy) is 3. The van der Waals surface area contributed by atoms with Gasteiger partial charge in [-0.15, -0.1) is 0 Å². The van der Waals surface area contributed by atoms with Crippen molar-refractivity contribution in [1.29, 1.82) is 0 Å². The van der Waals surface area contributed by atoms with E-state index in [4.69, 9.17) is 19.9 Å². The van der Waals surface area contributed by atoms with Crippen LogP contribution >= 0.6 is 0 Å². The summed E-state index contributed by atoms with van der Waals surface area (Å²) in [6.45, 7) is 5.27. The molecule has 1 rings (SSSR count). The smallest absolute Gasteiger partial charge is 0.255 e. The van der Waals surface area contributed by atoms with Gasteiger partial charge in [-0.1, -0.05) is 0 Å². The summed E-state index contributed by atoms with van der Waals surface area (Å²) >= 11 is 0. The highest BCUT2D eigenvalue weighted by atomic mass is 16.5. The zero-order valence-corrected chi connectivity index (χ0v) is 11.2. The monoisotopic (exact) mass is 271 g/mol. The Morgan fingerprint density at radius 3 is 2.42 bits per heavy atom. The van der Waals surface area contributed by atoms with Crippen LogP contribution in [-0.2, 0) is 20.6 Å². The number of aromatic nitrogens is 2. The molecule has 1 heterocycles. The average molecular weight is 271 g/mol. The fourth-order valence-electron chi connectivity index (χ4n) is 1.38. The van der Waals surface area contributed by atoms with Crippen LogP contribution in [0, 0.1) is 0 Å². The second-order valence-electron chi connectivity index (χ2n) is 3.79. The maximum atomic E-state index is 11.4. The number of aromatic amines is 1. The molecule has 0 unspecified atom stereocenters. The molecule has 19 heavy (non-hydrogen) atoms. The first-order chi connectivity index (χ1) is 9.24. The minimum atomic E-state index is -0.218. The maximum absolute atomic E-state index is 11.4. The molecular weight excluding hydrogens is 250 g/mol. The van der Waals surface area contributed by atoms with E-state index in [1.165, 1.54) is 6.20 Å². The molecule has 0 aromatic carbocycles. The van der Waals surface area contributed by atoms with Gasteiger partial charge in [-0.2, -0.15) is 0 Å². The van der Waals surface area contributed by atoms with E-state index in [2.05, 4.69) is 9.97 Å².